The molecule has 5 rings (SSSR count). The summed E-state index contributed by atoms with van der Waals surface area (Å²) in [6.07, 6.45) is 4.96. The summed E-state index contributed by atoms with van der Waals surface area (Å²) in [6, 6.07) is 14.3. The van der Waals surface area contributed by atoms with E-state index in [1.807, 2.05) is 24.3 Å². The van der Waals surface area contributed by atoms with Crippen molar-refractivity contribution in [3.8, 4) is 11.4 Å². The van der Waals surface area contributed by atoms with Crippen molar-refractivity contribution in [1.29, 1.82) is 0 Å². The third-order valence-electron chi connectivity index (χ3n) is 5.98. The van der Waals surface area contributed by atoms with Crippen LogP contribution in [-0.4, -0.2) is 41.4 Å². The summed E-state index contributed by atoms with van der Waals surface area (Å²) < 4.78 is 28.0. The van der Waals surface area contributed by atoms with Gasteiger partial charge in [-0.1, -0.05) is 24.6 Å². The van der Waals surface area contributed by atoms with Crippen LogP contribution in [0.5, 0.6) is 0 Å². The molecule has 0 unspecified atom stereocenters. The van der Waals surface area contributed by atoms with Gasteiger partial charge in [0.2, 0.25) is 10.0 Å². The van der Waals surface area contributed by atoms with E-state index in [0.29, 0.717) is 29.9 Å². The van der Waals surface area contributed by atoms with Crippen LogP contribution in [0.2, 0.25) is 0 Å². The molecule has 0 radical (unpaired) electrons. The number of fused-ring (bicyclic) bond motifs is 1. The van der Waals surface area contributed by atoms with Gasteiger partial charge in [0.05, 0.1) is 11.4 Å². The molecular weight excluding hydrogens is 426 g/mol. The Morgan fingerprint density at radius 2 is 1.81 bits per heavy atom. The zero-order chi connectivity index (χ0) is 22.1. The van der Waals surface area contributed by atoms with Crippen LogP contribution in [0, 0.1) is 0 Å². The molecule has 1 N–H and O–H groups in total. The summed E-state index contributed by atoms with van der Waals surface area (Å²) in [5.41, 5.74) is 2.49. The first-order chi connectivity index (χ1) is 15.5. The number of amides is 1. The predicted octanol–water partition coefficient (Wildman–Crippen LogP) is 3.46. The van der Waals surface area contributed by atoms with Crippen molar-refractivity contribution in [3.05, 3.63) is 59.9 Å². The predicted molar refractivity (Wildman–Crippen MR) is 123 cm³/mol. The number of benzene rings is 2. The number of aryl methyl sites for hydroxylation is 1. The molecule has 0 aliphatic carbocycles. The lowest BCUT2D eigenvalue weighted by Crippen LogP contribution is -2.25. The number of carbonyl (C=O) groups is 1. The van der Waals surface area contributed by atoms with Crippen molar-refractivity contribution in [2.45, 2.75) is 38.6 Å². The van der Waals surface area contributed by atoms with Gasteiger partial charge in [-0.05, 0) is 49.6 Å². The van der Waals surface area contributed by atoms with E-state index in [1.54, 1.807) is 24.3 Å². The molecule has 1 saturated heterocycles. The summed E-state index contributed by atoms with van der Waals surface area (Å²) in [5.74, 6) is 1.68. The van der Waals surface area contributed by atoms with E-state index >= 15 is 0 Å². The maximum atomic E-state index is 12.9. The SMILES string of the molecule is O=C(Nc1cccc(-c2nnc3n2CCCCC3)c1)c1cccc(N2CCCS2(=O)=O)c1. The van der Waals surface area contributed by atoms with Crippen LogP contribution < -0.4 is 9.62 Å². The van der Waals surface area contributed by atoms with Gasteiger partial charge in [0, 0.05) is 36.3 Å². The van der Waals surface area contributed by atoms with Crippen LogP contribution in [0.3, 0.4) is 0 Å². The topological polar surface area (TPSA) is 97.2 Å². The van der Waals surface area contributed by atoms with Crippen LogP contribution in [-0.2, 0) is 23.0 Å². The number of sulfonamides is 1. The average Bonchev–Trinajstić information content (AvgIpc) is 3.27. The van der Waals surface area contributed by atoms with Crippen LogP contribution in [0.4, 0.5) is 11.4 Å². The molecule has 1 amide bonds. The molecule has 9 heteroatoms. The van der Waals surface area contributed by atoms with Gasteiger partial charge in [0.1, 0.15) is 5.82 Å². The number of aromatic nitrogens is 3. The van der Waals surface area contributed by atoms with Gasteiger partial charge >= 0.3 is 0 Å². The summed E-state index contributed by atoms with van der Waals surface area (Å²) >= 11 is 0. The zero-order valence-corrected chi connectivity index (χ0v) is 18.5. The number of carbonyl (C=O) groups excluding carboxylic acids is 1. The van der Waals surface area contributed by atoms with E-state index in [2.05, 4.69) is 20.1 Å². The minimum atomic E-state index is -3.30. The highest BCUT2D eigenvalue weighted by Gasteiger charge is 2.28. The van der Waals surface area contributed by atoms with E-state index in [4.69, 9.17) is 0 Å². The van der Waals surface area contributed by atoms with E-state index in [-0.39, 0.29) is 11.7 Å². The number of anilines is 2. The average molecular weight is 452 g/mol. The monoisotopic (exact) mass is 451 g/mol. The van der Waals surface area contributed by atoms with E-state index in [9.17, 15) is 13.2 Å². The fraction of sp³-hybridized carbons (Fsp3) is 0.348. The molecule has 0 saturated carbocycles. The van der Waals surface area contributed by atoms with Crippen molar-refractivity contribution in [3.63, 3.8) is 0 Å². The molecule has 8 nitrogen and oxygen atoms in total. The molecule has 0 atom stereocenters. The third kappa shape index (κ3) is 4.00. The highest BCUT2D eigenvalue weighted by Crippen LogP contribution is 2.27. The van der Waals surface area contributed by atoms with Crippen molar-refractivity contribution in [2.24, 2.45) is 0 Å². The molecule has 1 fully saturated rings. The quantitative estimate of drug-likeness (QED) is 0.655. The van der Waals surface area contributed by atoms with Crippen LogP contribution >= 0.6 is 0 Å². The van der Waals surface area contributed by atoms with Gasteiger partial charge in [-0.25, -0.2) is 8.42 Å². The van der Waals surface area contributed by atoms with Crippen LogP contribution in [0.1, 0.15) is 41.9 Å². The van der Waals surface area contributed by atoms with Gasteiger partial charge < -0.3 is 9.88 Å². The van der Waals surface area contributed by atoms with Crippen molar-refractivity contribution < 1.29 is 13.2 Å². The minimum Gasteiger partial charge on any atom is -0.322 e. The number of nitrogens with zero attached hydrogens (tertiary/aromatic N) is 4. The first-order valence-electron chi connectivity index (χ1n) is 11.0. The molecule has 32 heavy (non-hydrogen) atoms. The maximum Gasteiger partial charge on any atom is 0.255 e. The highest BCUT2D eigenvalue weighted by molar-refractivity contribution is 7.93. The fourth-order valence-electron chi connectivity index (χ4n) is 4.37. The molecule has 0 spiro atoms. The summed E-state index contributed by atoms with van der Waals surface area (Å²) in [5, 5.41) is 11.7. The molecule has 0 bridgehead atoms. The Morgan fingerprint density at radius 3 is 2.66 bits per heavy atom. The van der Waals surface area contributed by atoms with Gasteiger partial charge in [-0.2, -0.15) is 0 Å². The summed E-state index contributed by atoms with van der Waals surface area (Å²) in [4.78, 5) is 12.9. The first-order valence-corrected chi connectivity index (χ1v) is 12.6. The number of rotatable bonds is 4. The lowest BCUT2D eigenvalue weighted by atomic mass is 10.1. The fourth-order valence-corrected chi connectivity index (χ4v) is 5.93. The molecule has 2 aliphatic rings. The summed E-state index contributed by atoms with van der Waals surface area (Å²) in [7, 11) is -3.30. The molecular formula is C23H25N5O3S. The first kappa shape index (κ1) is 20.7. The molecule has 2 aromatic carbocycles. The van der Waals surface area contributed by atoms with E-state index in [0.717, 1.165) is 43.0 Å². The number of hydrogen-bond acceptors (Lipinski definition) is 5. The van der Waals surface area contributed by atoms with E-state index in [1.165, 1.54) is 10.7 Å². The second-order valence-electron chi connectivity index (χ2n) is 8.23. The molecule has 3 heterocycles. The lowest BCUT2D eigenvalue weighted by molar-refractivity contribution is 0.102. The molecule has 3 aromatic rings. The van der Waals surface area contributed by atoms with Gasteiger partial charge in [0.25, 0.3) is 5.91 Å². The van der Waals surface area contributed by atoms with Crippen LogP contribution in [0.15, 0.2) is 48.5 Å². The number of nitrogens with one attached hydrogen (secondary N) is 1. The summed E-state index contributed by atoms with van der Waals surface area (Å²) in [6.45, 7) is 1.35. The van der Waals surface area contributed by atoms with Crippen LogP contribution in [0.25, 0.3) is 11.4 Å². The second kappa shape index (κ2) is 8.38. The Bertz CT molecular complexity index is 1270. The minimum absolute atomic E-state index is 0.141. The van der Waals surface area contributed by atoms with Gasteiger partial charge in [0.15, 0.2) is 5.82 Å². The Labute approximate surface area is 187 Å². The lowest BCUT2D eigenvalue weighted by Gasteiger charge is -2.17. The zero-order valence-electron chi connectivity index (χ0n) is 17.7. The Morgan fingerprint density at radius 1 is 0.938 bits per heavy atom. The third-order valence-corrected chi connectivity index (χ3v) is 7.85. The highest BCUT2D eigenvalue weighted by atomic mass is 32.2. The van der Waals surface area contributed by atoms with Gasteiger partial charge in [-0.15, -0.1) is 10.2 Å². The van der Waals surface area contributed by atoms with Crippen molar-refractivity contribution in [2.75, 3.05) is 21.9 Å². The molecule has 2 aliphatic heterocycles. The van der Waals surface area contributed by atoms with Crippen molar-refractivity contribution >= 4 is 27.3 Å². The largest absolute Gasteiger partial charge is 0.322 e. The van der Waals surface area contributed by atoms with Gasteiger partial charge in [-0.3, -0.25) is 9.10 Å². The number of hydrogen-bond donors (Lipinski definition) is 1. The standard InChI is InChI=1S/C23H25N5O3S/c29-23(18-8-5-10-20(16-18)28-13-6-14-32(28,30)31)24-19-9-4-7-17(15-19)22-26-25-21-11-2-1-3-12-27(21)22/h4-5,7-10,15-16H,1-3,6,11-14H2,(H,24,29). The second-order valence-corrected chi connectivity index (χ2v) is 10.2. The maximum absolute atomic E-state index is 12.9. The van der Waals surface area contributed by atoms with E-state index < -0.39 is 10.0 Å². The Hall–Kier alpha value is -3.20. The normalized spacial score (nSPS) is 17.6. The Kier molecular flexibility index (Phi) is 5.42. The molecule has 1 aromatic heterocycles. The smallest absolute Gasteiger partial charge is 0.255 e. The van der Waals surface area contributed by atoms with Crippen molar-refractivity contribution in [1.82, 2.24) is 14.8 Å². The molecule has 166 valence electrons. The Balaban J connectivity index is 1.37.